The predicted octanol–water partition coefficient (Wildman–Crippen LogP) is 1.06. The lowest BCUT2D eigenvalue weighted by molar-refractivity contribution is -0.132. The largest absolute Gasteiger partial charge is 0.444 e. The SMILES string of the molecule is CC(C)CC(NC(=O)OC(C)(C)C)C(=O)NC(C(=O)NC(C)C(N)=O)C(C)C. The number of hydrogen-bond acceptors (Lipinski definition) is 5. The van der Waals surface area contributed by atoms with Gasteiger partial charge in [0.15, 0.2) is 0 Å². The molecule has 0 aromatic carbocycles. The van der Waals surface area contributed by atoms with Crippen LogP contribution in [0.25, 0.3) is 0 Å². The summed E-state index contributed by atoms with van der Waals surface area (Å²) < 4.78 is 5.22. The molecule has 4 amide bonds. The number of carbonyl (C=O) groups is 4. The second-order valence-corrected chi connectivity index (χ2v) is 8.69. The van der Waals surface area contributed by atoms with Crippen LogP contribution in [0.3, 0.4) is 0 Å². The first kappa shape index (κ1) is 25.7. The minimum atomic E-state index is -0.885. The first-order valence-corrected chi connectivity index (χ1v) is 9.53. The Bertz CT molecular complexity index is 569. The van der Waals surface area contributed by atoms with Crippen molar-refractivity contribution in [3.63, 3.8) is 0 Å². The van der Waals surface area contributed by atoms with Crippen LogP contribution < -0.4 is 21.7 Å². The van der Waals surface area contributed by atoms with Crippen LogP contribution in [0.15, 0.2) is 0 Å². The number of carbonyl (C=O) groups excluding carboxylic acids is 4. The second-order valence-electron chi connectivity index (χ2n) is 8.69. The normalized spacial score (nSPS) is 14.8. The second kappa shape index (κ2) is 10.9. The molecule has 3 unspecified atom stereocenters. The molecule has 9 heteroatoms. The number of ether oxygens (including phenoxy) is 1. The molecular formula is C19H36N4O5. The smallest absolute Gasteiger partial charge is 0.408 e. The summed E-state index contributed by atoms with van der Waals surface area (Å²) in [6.07, 6.45) is -0.337. The van der Waals surface area contributed by atoms with Crippen molar-refractivity contribution >= 4 is 23.8 Å². The highest BCUT2D eigenvalue weighted by Gasteiger charge is 2.31. The summed E-state index contributed by atoms with van der Waals surface area (Å²) in [6, 6.07) is -2.61. The average Bonchev–Trinajstić information content (AvgIpc) is 2.48. The van der Waals surface area contributed by atoms with Gasteiger partial charge >= 0.3 is 6.09 Å². The number of nitrogens with two attached hydrogens (primary N) is 1. The van der Waals surface area contributed by atoms with Crippen molar-refractivity contribution < 1.29 is 23.9 Å². The van der Waals surface area contributed by atoms with Crippen molar-refractivity contribution in [2.45, 2.75) is 85.5 Å². The molecule has 0 heterocycles. The quantitative estimate of drug-likeness (QED) is 0.458. The van der Waals surface area contributed by atoms with E-state index < -0.39 is 47.5 Å². The fraction of sp³-hybridized carbons (Fsp3) is 0.789. The molecule has 0 aliphatic rings. The van der Waals surface area contributed by atoms with Crippen molar-refractivity contribution in [3.8, 4) is 0 Å². The van der Waals surface area contributed by atoms with Crippen LogP contribution in [-0.2, 0) is 19.1 Å². The molecule has 28 heavy (non-hydrogen) atoms. The summed E-state index contributed by atoms with van der Waals surface area (Å²) in [4.78, 5) is 48.5. The molecule has 0 aliphatic heterocycles. The molecule has 0 saturated carbocycles. The van der Waals surface area contributed by atoms with E-state index in [1.165, 1.54) is 6.92 Å². The Morgan fingerprint density at radius 3 is 1.82 bits per heavy atom. The maximum atomic E-state index is 12.8. The van der Waals surface area contributed by atoms with Crippen molar-refractivity contribution in [3.05, 3.63) is 0 Å². The number of primary amides is 1. The standard InChI is InChI=1S/C19H36N4O5/c1-10(2)9-13(22-18(27)28-19(6,7)8)16(25)23-14(11(3)4)17(26)21-12(5)15(20)24/h10-14H,9H2,1-8H3,(H2,20,24)(H,21,26)(H,22,27)(H,23,25). The van der Waals surface area contributed by atoms with Crippen molar-refractivity contribution in [2.24, 2.45) is 17.6 Å². The van der Waals surface area contributed by atoms with Crippen LogP contribution in [0, 0.1) is 11.8 Å². The maximum Gasteiger partial charge on any atom is 0.408 e. The van der Waals surface area contributed by atoms with E-state index in [0.29, 0.717) is 6.42 Å². The third-order valence-corrected chi connectivity index (χ3v) is 3.75. The van der Waals surface area contributed by atoms with Crippen LogP contribution in [0.5, 0.6) is 0 Å². The van der Waals surface area contributed by atoms with Gasteiger partial charge in [0.05, 0.1) is 0 Å². The zero-order valence-electron chi connectivity index (χ0n) is 18.2. The Balaban J connectivity index is 5.24. The van der Waals surface area contributed by atoms with Crippen LogP contribution in [0.4, 0.5) is 4.79 Å². The van der Waals surface area contributed by atoms with E-state index in [1.807, 2.05) is 13.8 Å². The van der Waals surface area contributed by atoms with E-state index in [4.69, 9.17) is 10.5 Å². The van der Waals surface area contributed by atoms with Gasteiger partial charge in [0.2, 0.25) is 17.7 Å². The van der Waals surface area contributed by atoms with Gasteiger partial charge in [0, 0.05) is 0 Å². The Hall–Kier alpha value is -2.32. The van der Waals surface area contributed by atoms with Gasteiger partial charge in [-0.15, -0.1) is 0 Å². The van der Waals surface area contributed by atoms with Gasteiger partial charge in [-0.25, -0.2) is 4.79 Å². The molecule has 162 valence electrons. The minimum absolute atomic E-state index is 0.117. The van der Waals surface area contributed by atoms with Crippen LogP contribution in [-0.4, -0.2) is 47.5 Å². The van der Waals surface area contributed by atoms with Gasteiger partial charge in [-0.3, -0.25) is 14.4 Å². The average molecular weight is 401 g/mol. The third kappa shape index (κ3) is 10.1. The number of amides is 4. The van der Waals surface area contributed by atoms with Gasteiger partial charge in [0.1, 0.15) is 23.7 Å². The van der Waals surface area contributed by atoms with E-state index in [2.05, 4.69) is 16.0 Å². The fourth-order valence-corrected chi connectivity index (χ4v) is 2.32. The van der Waals surface area contributed by atoms with E-state index in [9.17, 15) is 19.2 Å². The Morgan fingerprint density at radius 2 is 1.43 bits per heavy atom. The van der Waals surface area contributed by atoms with Crippen LogP contribution in [0.1, 0.15) is 61.8 Å². The molecule has 5 N–H and O–H groups in total. The van der Waals surface area contributed by atoms with Crippen molar-refractivity contribution in [2.75, 3.05) is 0 Å². The molecule has 0 aromatic rings. The van der Waals surface area contributed by atoms with Gasteiger partial charge in [0.25, 0.3) is 0 Å². The molecular weight excluding hydrogens is 364 g/mol. The summed E-state index contributed by atoms with van der Waals surface area (Å²) in [5.41, 5.74) is 4.47. The Morgan fingerprint density at radius 1 is 0.893 bits per heavy atom. The van der Waals surface area contributed by atoms with Gasteiger partial charge in [-0.05, 0) is 46.0 Å². The summed E-state index contributed by atoms with van der Waals surface area (Å²) in [7, 11) is 0. The first-order valence-electron chi connectivity index (χ1n) is 9.53. The van der Waals surface area contributed by atoms with Gasteiger partial charge in [-0.2, -0.15) is 0 Å². The van der Waals surface area contributed by atoms with Crippen LogP contribution in [0.2, 0.25) is 0 Å². The highest BCUT2D eigenvalue weighted by molar-refractivity contribution is 5.93. The molecule has 0 spiro atoms. The zero-order chi connectivity index (χ0) is 22.2. The van der Waals surface area contributed by atoms with E-state index in [-0.39, 0.29) is 11.8 Å². The molecule has 0 aromatic heterocycles. The monoisotopic (exact) mass is 400 g/mol. The Kier molecular flexibility index (Phi) is 9.97. The lowest BCUT2D eigenvalue weighted by atomic mass is 10.00. The van der Waals surface area contributed by atoms with E-state index in [1.54, 1.807) is 34.6 Å². The Labute approximate surface area is 167 Å². The fourth-order valence-electron chi connectivity index (χ4n) is 2.32. The summed E-state index contributed by atoms with van der Waals surface area (Å²) in [5, 5.41) is 7.71. The van der Waals surface area contributed by atoms with E-state index >= 15 is 0 Å². The number of nitrogens with one attached hydrogen (secondary N) is 3. The molecule has 0 rings (SSSR count). The number of hydrogen-bond donors (Lipinski definition) is 4. The number of alkyl carbamates (subject to hydrolysis) is 1. The lowest BCUT2D eigenvalue weighted by Crippen LogP contribution is -2.57. The first-order chi connectivity index (χ1) is 12.6. The molecule has 0 aliphatic carbocycles. The zero-order valence-corrected chi connectivity index (χ0v) is 18.2. The van der Waals surface area contributed by atoms with Gasteiger partial charge < -0.3 is 26.4 Å². The van der Waals surface area contributed by atoms with Crippen LogP contribution >= 0.6 is 0 Å². The molecule has 0 saturated heterocycles. The third-order valence-electron chi connectivity index (χ3n) is 3.75. The van der Waals surface area contributed by atoms with Crippen molar-refractivity contribution in [1.82, 2.24) is 16.0 Å². The van der Waals surface area contributed by atoms with Gasteiger partial charge in [-0.1, -0.05) is 27.7 Å². The highest BCUT2D eigenvalue weighted by Crippen LogP contribution is 2.11. The summed E-state index contributed by atoms with van der Waals surface area (Å²) >= 11 is 0. The lowest BCUT2D eigenvalue weighted by Gasteiger charge is -2.27. The topological polar surface area (TPSA) is 140 Å². The van der Waals surface area contributed by atoms with Crippen molar-refractivity contribution in [1.29, 1.82) is 0 Å². The number of rotatable bonds is 9. The molecule has 3 atom stereocenters. The molecule has 0 bridgehead atoms. The summed E-state index contributed by atoms with van der Waals surface area (Å²) in [6.45, 7) is 14.0. The van der Waals surface area contributed by atoms with E-state index in [0.717, 1.165) is 0 Å². The molecule has 0 fully saturated rings. The molecule has 9 nitrogen and oxygen atoms in total. The summed E-state index contributed by atoms with van der Waals surface area (Å²) in [5.74, 6) is -1.82. The highest BCUT2D eigenvalue weighted by atomic mass is 16.6. The maximum absolute atomic E-state index is 12.8. The minimum Gasteiger partial charge on any atom is -0.444 e. The predicted molar refractivity (Wildman–Crippen MR) is 106 cm³/mol. The molecule has 0 radical (unpaired) electrons.